The van der Waals surface area contributed by atoms with E-state index in [4.69, 9.17) is 21.1 Å². The highest BCUT2D eigenvalue weighted by atomic mass is 35.5. The van der Waals surface area contributed by atoms with Gasteiger partial charge < -0.3 is 14.8 Å². The van der Waals surface area contributed by atoms with Gasteiger partial charge in [0.2, 0.25) is 5.91 Å². The Balaban J connectivity index is 1.75. The molecule has 0 spiro atoms. The third kappa shape index (κ3) is 4.90. The van der Waals surface area contributed by atoms with Crippen molar-refractivity contribution in [3.63, 3.8) is 0 Å². The van der Waals surface area contributed by atoms with E-state index in [9.17, 15) is 14.4 Å². The number of halogens is 1. The minimum Gasteiger partial charge on any atom is -0.497 e. The van der Waals surface area contributed by atoms with Gasteiger partial charge in [-0.25, -0.2) is 0 Å². The molecule has 1 fully saturated rings. The van der Waals surface area contributed by atoms with Crippen LogP contribution in [0.4, 0.5) is 10.5 Å². The Labute approximate surface area is 176 Å². The Morgan fingerprint density at radius 2 is 1.86 bits per heavy atom. The Morgan fingerprint density at radius 1 is 1.14 bits per heavy atom. The first kappa shape index (κ1) is 20.8. The number of methoxy groups -OCH3 is 2. The van der Waals surface area contributed by atoms with Crippen LogP contribution < -0.4 is 14.8 Å². The number of hydrogen-bond acceptors (Lipinski definition) is 6. The van der Waals surface area contributed by atoms with Crippen molar-refractivity contribution in [2.75, 3.05) is 26.1 Å². The van der Waals surface area contributed by atoms with Crippen LogP contribution in [-0.4, -0.2) is 42.7 Å². The van der Waals surface area contributed by atoms with Crippen molar-refractivity contribution in [2.24, 2.45) is 0 Å². The van der Waals surface area contributed by atoms with Crippen LogP contribution in [0, 0.1) is 0 Å². The maximum atomic E-state index is 12.7. The lowest BCUT2D eigenvalue weighted by Crippen LogP contribution is -2.36. The SMILES string of the molecule is COc1ccc(OC)c(/C=C2/SC(=O)N(CC(=O)Nc3ccc(Cl)cc3)C2=O)c1. The number of carbonyl (C=O) groups excluding carboxylic acids is 3. The van der Waals surface area contributed by atoms with Crippen LogP contribution in [-0.2, 0) is 9.59 Å². The molecule has 0 aromatic heterocycles. The molecule has 2 aromatic rings. The molecule has 29 heavy (non-hydrogen) atoms. The summed E-state index contributed by atoms with van der Waals surface area (Å²) in [6.45, 7) is -0.389. The molecule has 1 aliphatic rings. The summed E-state index contributed by atoms with van der Waals surface area (Å²) in [4.78, 5) is 38.3. The second kappa shape index (κ2) is 9.02. The van der Waals surface area contributed by atoms with Gasteiger partial charge in [0, 0.05) is 16.3 Å². The van der Waals surface area contributed by atoms with Crippen LogP contribution >= 0.6 is 23.4 Å². The highest BCUT2D eigenvalue weighted by Gasteiger charge is 2.36. The molecule has 0 saturated carbocycles. The molecule has 0 unspecified atom stereocenters. The van der Waals surface area contributed by atoms with Crippen molar-refractivity contribution in [3.05, 3.63) is 58.0 Å². The minimum atomic E-state index is -0.545. The van der Waals surface area contributed by atoms with Crippen LogP contribution in [0.5, 0.6) is 11.5 Å². The van der Waals surface area contributed by atoms with Gasteiger partial charge in [0.15, 0.2) is 0 Å². The van der Waals surface area contributed by atoms with Crippen LogP contribution in [0.15, 0.2) is 47.4 Å². The smallest absolute Gasteiger partial charge is 0.294 e. The lowest BCUT2D eigenvalue weighted by Gasteiger charge is -2.12. The van der Waals surface area contributed by atoms with Crippen molar-refractivity contribution in [2.45, 2.75) is 0 Å². The van der Waals surface area contributed by atoms with Crippen molar-refractivity contribution < 1.29 is 23.9 Å². The monoisotopic (exact) mass is 432 g/mol. The van der Waals surface area contributed by atoms with Gasteiger partial charge in [-0.3, -0.25) is 19.3 Å². The maximum Gasteiger partial charge on any atom is 0.294 e. The first-order valence-corrected chi connectivity index (χ1v) is 9.63. The number of carbonyl (C=O) groups is 3. The lowest BCUT2D eigenvalue weighted by atomic mass is 10.1. The van der Waals surface area contributed by atoms with Crippen LogP contribution in [0.2, 0.25) is 5.02 Å². The summed E-state index contributed by atoms with van der Waals surface area (Å²) in [6, 6.07) is 11.6. The van der Waals surface area contributed by atoms with E-state index < -0.39 is 17.1 Å². The molecule has 1 aliphatic heterocycles. The Morgan fingerprint density at radius 3 is 2.52 bits per heavy atom. The summed E-state index contributed by atoms with van der Waals surface area (Å²) in [5.74, 6) is 0.0719. The molecule has 0 aliphatic carbocycles. The van der Waals surface area contributed by atoms with E-state index in [-0.39, 0.29) is 11.4 Å². The standard InChI is InChI=1S/C20H17ClN2O5S/c1-27-15-7-8-16(28-2)12(9-15)10-17-19(25)23(20(26)29-17)11-18(24)22-14-5-3-13(21)4-6-14/h3-10H,11H2,1-2H3,(H,22,24)/b17-10+. The van der Waals surface area contributed by atoms with E-state index in [1.54, 1.807) is 48.5 Å². The fourth-order valence-corrected chi connectivity index (χ4v) is 3.56. The molecule has 1 heterocycles. The van der Waals surface area contributed by atoms with E-state index in [0.29, 0.717) is 27.8 Å². The number of rotatable bonds is 6. The normalized spacial score (nSPS) is 15.0. The average Bonchev–Trinajstić information content (AvgIpc) is 2.97. The van der Waals surface area contributed by atoms with Gasteiger partial charge in [0.25, 0.3) is 11.1 Å². The van der Waals surface area contributed by atoms with Crippen LogP contribution in [0.1, 0.15) is 5.56 Å². The molecule has 7 nitrogen and oxygen atoms in total. The molecule has 150 valence electrons. The quantitative estimate of drug-likeness (QED) is 0.693. The fraction of sp³-hybridized carbons (Fsp3) is 0.150. The number of hydrogen-bond donors (Lipinski definition) is 1. The summed E-state index contributed by atoms with van der Waals surface area (Å²) in [7, 11) is 3.03. The number of imide groups is 1. The fourth-order valence-electron chi connectivity index (χ4n) is 2.61. The molecule has 1 N–H and O–H groups in total. The van der Waals surface area contributed by atoms with Crippen LogP contribution in [0.3, 0.4) is 0 Å². The molecule has 3 rings (SSSR count). The topological polar surface area (TPSA) is 84.9 Å². The predicted octanol–water partition coefficient (Wildman–Crippen LogP) is 4.03. The first-order chi connectivity index (χ1) is 13.9. The highest BCUT2D eigenvalue weighted by molar-refractivity contribution is 8.18. The van der Waals surface area contributed by atoms with Crippen molar-refractivity contribution in [1.29, 1.82) is 0 Å². The van der Waals surface area contributed by atoms with Gasteiger partial charge >= 0.3 is 0 Å². The number of nitrogens with zero attached hydrogens (tertiary/aromatic N) is 1. The molecule has 3 amide bonds. The van der Waals surface area contributed by atoms with Gasteiger partial charge in [-0.1, -0.05) is 11.6 Å². The van der Waals surface area contributed by atoms with Gasteiger partial charge in [0.05, 0.1) is 19.1 Å². The van der Waals surface area contributed by atoms with Gasteiger partial charge in [-0.05, 0) is 60.3 Å². The number of anilines is 1. The molecule has 0 bridgehead atoms. The van der Waals surface area contributed by atoms with E-state index >= 15 is 0 Å². The summed E-state index contributed by atoms with van der Waals surface area (Å²) in [6.07, 6.45) is 1.54. The van der Waals surface area contributed by atoms with Crippen molar-refractivity contribution in [1.82, 2.24) is 4.90 Å². The van der Waals surface area contributed by atoms with E-state index in [1.807, 2.05) is 0 Å². The Bertz CT molecular complexity index is 991. The molecular weight excluding hydrogens is 416 g/mol. The largest absolute Gasteiger partial charge is 0.497 e. The zero-order valence-electron chi connectivity index (χ0n) is 15.6. The van der Waals surface area contributed by atoms with Crippen molar-refractivity contribution >= 4 is 52.2 Å². The number of amides is 3. The number of ether oxygens (including phenoxy) is 2. The number of nitrogens with one attached hydrogen (secondary N) is 1. The average molecular weight is 433 g/mol. The zero-order valence-corrected chi connectivity index (χ0v) is 17.2. The maximum absolute atomic E-state index is 12.7. The molecule has 0 radical (unpaired) electrons. The third-order valence-electron chi connectivity index (χ3n) is 4.03. The first-order valence-electron chi connectivity index (χ1n) is 8.44. The summed E-state index contributed by atoms with van der Waals surface area (Å²) in [5.41, 5.74) is 1.10. The van der Waals surface area contributed by atoms with Gasteiger partial charge in [-0.15, -0.1) is 0 Å². The lowest BCUT2D eigenvalue weighted by molar-refractivity contribution is -0.127. The number of thioether (sulfide) groups is 1. The second-order valence-electron chi connectivity index (χ2n) is 5.93. The second-order valence-corrected chi connectivity index (χ2v) is 7.36. The van der Waals surface area contributed by atoms with Crippen LogP contribution in [0.25, 0.3) is 6.08 Å². The Kier molecular flexibility index (Phi) is 6.46. The number of benzene rings is 2. The zero-order chi connectivity index (χ0) is 21.0. The molecule has 9 heteroatoms. The molecule has 0 atom stereocenters. The third-order valence-corrected chi connectivity index (χ3v) is 5.19. The van der Waals surface area contributed by atoms with Gasteiger partial charge in [0.1, 0.15) is 18.0 Å². The van der Waals surface area contributed by atoms with Gasteiger partial charge in [-0.2, -0.15) is 0 Å². The summed E-state index contributed by atoms with van der Waals surface area (Å²) in [5, 5.41) is 2.64. The molecular formula is C20H17ClN2O5S. The Hall–Kier alpha value is -2.97. The minimum absolute atomic E-state index is 0.195. The summed E-state index contributed by atoms with van der Waals surface area (Å²) >= 11 is 6.58. The van der Waals surface area contributed by atoms with E-state index in [2.05, 4.69) is 5.32 Å². The predicted molar refractivity (Wildman–Crippen MR) is 112 cm³/mol. The van der Waals surface area contributed by atoms with E-state index in [1.165, 1.54) is 14.2 Å². The molecule has 2 aromatic carbocycles. The summed E-state index contributed by atoms with van der Waals surface area (Å²) < 4.78 is 10.5. The molecule has 1 saturated heterocycles. The van der Waals surface area contributed by atoms with E-state index in [0.717, 1.165) is 16.7 Å². The highest BCUT2D eigenvalue weighted by Crippen LogP contribution is 2.35. The van der Waals surface area contributed by atoms with Crippen molar-refractivity contribution in [3.8, 4) is 11.5 Å².